The Bertz CT molecular complexity index is 1260. The smallest absolute Gasteiger partial charge is 0.258 e. The minimum Gasteiger partial charge on any atom is -0.495 e. The number of piperazine rings is 1. The monoisotopic (exact) mass is 504 g/mol. The van der Waals surface area contributed by atoms with Crippen molar-refractivity contribution in [2.45, 2.75) is 13.8 Å². The highest BCUT2D eigenvalue weighted by molar-refractivity contribution is 6.06. The van der Waals surface area contributed by atoms with Crippen molar-refractivity contribution in [3.63, 3.8) is 0 Å². The Morgan fingerprint density at radius 1 is 0.865 bits per heavy atom. The molecule has 0 aliphatic carbocycles. The molecule has 1 aliphatic rings. The van der Waals surface area contributed by atoms with Gasteiger partial charge < -0.3 is 25.2 Å². The lowest BCUT2D eigenvalue weighted by molar-refractivity contribution is 0.0948. The summed E-state index contributed by atoms with van der Waals surface area (Å²) in [5, 5.41) is 5.71. The summed E-state index contributed by atoms with van der Waals surface area (Å²) in [5.74, 6) is -0.248. The summed E-state index contributed by atoms with van der Waals surface area (Å²) in [6.45, 7) is 7.55. The van der Waals surface area contributed by atoms with Crippen LogP contribution in [-0.4, -0.2) is 51.6 Å². The molecule has 3 aromatic carbocycles. The molecule has 0 aromatic heterocycles. The highest BCUT2D eigenvalue weighted by Crippen LogP contribution is 2.31. The fraction of sp³-hybridized carbons (Fsp3) is 0.310. The fourth-order valence-electron chi connectivity index (χ4n) is 4.39. The second kappa shape index (κ2) is 11.8. The molecule has 7 nitrogen and oxygen atoms in total. The Morgan fingerprint density at radius 3 is 2.19 bits per heavy atom. The van der Waals surface area contributed by atoms with Gasteiger partial charge in [0.25, 0.3) is 11.8 Å². The van der Waals surface area contributed by atoms with Crippen LogP contribution in [0.1, 0.15) is 34.6 Å². The molecule has 37 heavy (non-hydrogen) atoms. The molecule has 0 spiro atoms. The first kappa shape index (κ1) is 26.0. The summed E-state index contributed by atoms with van der Waals surface area (Å²) in [6.07, 6.45) is 0. The summed E-state index contributed by atoms with van der Waals surface area (Å²) in [4.78, 5) is 30.3. The first-order valence-corrected chi connectivity index (χ1v) is 12.5. The van der Waals surface area contributed by atoms with E-state index in [9.17, 15) is 14.0 Å². The van der Waals surface area contributed by atoms with Gasteiger partial charge in [-0.2, -0.15) is 0 Å². The molecule has 0 atom stereocenters. The van der Waals surface area contributed by atoms with Gasteiger partial charge in [0.2, 0.25) is 0 Å². The standard InChI is InChI=1S/C29H33FN4O3/c1-20(2)19-31-28(35)23-18-21(32-29(36)22-8-4-5-9-24(22)30)12-13-25(23)33-14-16-34(17-15-33)26-10-6-7-11-27(26)37-3/h4-13,18,20H,14-17,19H2,1-3H3,(H,31,35)(H,32,36). The minimum absolute atomic E-state index is 0.0511. The number of carbonyl (C=O) groups is 2. The average molecular weight is 505 g/mol. The summed E-state index contributed by atoms with van der Waals surface area (Å²) in [6, 6.07) is 19.0. The Labute approximate surface area is 217 Å². The SMILES string of the molecule is COc1ccccc1N1CCN(c2ccc(NC(=O)c3ccccc3F)cc2C(=O)NCC(C)C)CC1. The zero-order valence-corrected chi connectivity index (χ0v) is 21.5. The second-order valence-electron chi connectivity index (χ2n) is 9.42. The normalized spacial score (nSPS) is 13.4. The third kappa shape index (κ3) is 6.20. The number of nitrogens with zero attached hydrogens (tertiary/aromatic N) is 2. The molecule has 3 aromatic rings. The maximum atomic E-state index is 14.1. The number of ether oxygens (including phenoxy) is 1. The number of halogens is 1. The Kier molecular flexibility index (Phi) is 8.28. The van der Waals surface area contributed by atoms with E-state index < -0.39 is 11.7 Å². The molecule has 1 fully saturated rings. The number of rotatable bonds is 8. The van der Waals surface area contributed by atoms with Crippen LogP contribution in [0, 0.1) is 11.7 Å². The number of nitrogens with one attached hydrogen (secondary N) is 2. The third-order valence-electron chi connectivity index (χ3n) is 6.33. The molecule has 1 aliphatic heterocycles. The maximum absolute atomic E-state index is 14.1. The van der Waals surface area contributed by atoms with Gasteiger partial charge in [-0.25, -0.2) is 4.39 Å². The van der Waals surface area contributed by atoms with Gasteiger partial charge in [0, 0.05) is 44.1 Å². The molecule has 0 unspecified atom stereocenters. The molecule has 0 saturated carbocycles. The van der Waals surface area contributed by atoms with Crippen LogP contribution >= 0.6 is 0 Å². The lowest BCUT2D eigenvalue weighted by atomic mass is 10.1. The first-order chi connectivity index (χ1) is 17.9. The highest BCUT2D eigenvalue weighted by Gasteiger charge is 2.24. The van der Waals surface area contributed by atoms with Crippen LogP contribution in [0.2, 0.25) is 0 Å². The van der Waals surface area contributed by atoms with Crippen molar-refractivity contribution >= 4 is 28.9 Å². The van der Waals surface area contributed by atoms with Crippen LogP contribution in [-0.2, 0) is 0 Å². The molecule has 2 amide bonds. The first-order valence-electron chi connectivity index (χ1n) is 12.5. The van der Waals surface area contributed by atoms with Crippen LogP contribution in [0.3, 0.4) is 0 Å². The van der Waals surface area contributed by atoms with Crippen molar-refractivity contribution in [1.82, 2.24) is 5.32 Å². The van der Waals surface area contributed by atoms with Gasteiger partial charge in [-0.1, -0.05) is 38.1 Å². The number of benzene rings is 3. The third-order valence-corrected chi connectivity index (χ3v) is 6.33. The molecular weight excluding hydrogens is 471 g/mol. The van der Waals surface area contributed by atoms with Crippen molar-refractivity contribution < 1.29 is 18.7 Å². The van der Waals surface area contributed by atoms with Crippen LogP contribution in [0.5, 0.6) is 5.75 Å². The van der Waals surface area contributed by atoms with Crippen LogP contribution in [0.4, 0.5) is 21.5 Å². The molecule has 0 bridgehead atoms. The Balaban J connectivity index is 1.55. The summed E-state index contributed by atoms with van der Waals surface area (Å²) < 4.78 is 19.6. The zero-order valence-electron chi connectivity index (χ0n) is 21.5. The van der Waals surface area contributed by atoms with Gasteiger partial charge in [-0.05, 0) is 48.4 Å². The Hall–Kier alpha value is -4.07. The summed E-state index contributed by atoms with van der Waals surface area (Å²) in [5.41, 5.74) is 2.69. The van der Waals surface area contributed by atoms with Gasteiger partial charge >= 0.3 is 0 Å². The van der Waals surface area contributed by atoms with Crippen molar-refractivity contribution in [2.24, 2.45) is 5.92 Å². The molecule has 194 valence electrons. The molecule has 1 heterocycles. The van der Waals surface area contributed by atoms with Gasteiger partial charge in [-0.15, -0.1) is 0 Å². The summed E-state index contributed by atoms with van der Waals surface area (Å²) in [7, 11) is 1.67. The van der Waals surface area contributed by atoms with Gasteiger partial charge in [0.15, 0.2) is 0 Å². The van der Waals surface area contributed by atoms with E-state index in [2.05, 4.69) is 20.4 Å². The van der Waals surface area contributed by atoms with E-state index in [-0.39, 0.29) is 11.5 Å². The Morgan fingerprint density at radius 2 is 1.51 bits per heavy atom. The molecule has 8 heteroatoms. The number of anilines is 3. The largest absolute Gasteiger partial charge is 0.495 e. The van der Waals surface area contributed by atoms with Crippen molar-refractivity contribution in [2.75, 3.05) is 55.0 Å². The van der Waals surface area contributed by atoms with E-state index in [1.54, 1.807) is 25.3 Å². The number of carbonyl (C=O) groups excluding carboxylic acids is 2. The maximum Gasteiger partial charge on any atom is 0.258 e. The number of hydrogen-bond donors (Lipinski definition) is 2. The quantitative estimate of drug-likeness (QED) is 0.461. The zero-order chi connectivity index (χ0) is 26.4. The van der Waals surface area contributed by atoms with Crippen LogP contribution in [0.15, 0.2) is 66.7 Å². The number of hydrogen-bond acceptors (Lipinski definition) is 5. The molecule has 1 saturated heterocycles. The van der Waals surface area contributed by atoms with Gasteiger partial charge in [0.05, 0.1) is 23.9 Å². The lowest BCUT2D eigenvalue weighted by Crippen LogP contribution is -2.47. The van der Waals surface area contributed by atoms with E-state index in [0.717, 1.165) is 30.2 Å². The van der Waals surface area contributed by atoms with Crippen molar-refractivity contribution in [1.29, 1.82) is 0 Å². The van der Waals surface area contributed by atoms with Crippen molar-refractivity contribution in [3.8, 4) is 5.75 Å². The van der Waals surface area contributed by atoms with Crippen LogP contribution in [0.25, 0.3) is 0 Å². The number of methoxy groups -OCH3 is 1. The molecular formula is C29H33FN4O3. The van der Waals surface area contributed by atoms with E-state index in [1.807, 2.05) is 44.2 Å². The van der Waals surface area contributed by atoms with E-state index in [4.69, 9.17) is 4.74 Å². The topological polar surface area (TPSA) is 73.9 Å². The number of amides is 2. The minimum atomic E-state index is -0.598. The van der Waals surface area contributed by atoms with Gasteiger partial charge in [0.1, 0.15) is 11.6 Å². The van der Waals surface area contributed by atoms with Gasteiger partial charge in [-0.3, -0.25) is 9.59 Å². The van der Waals surface area contributed by atoms with E-state index in [1.165, 1.54) is 18.2 Å². The predicted molar refractivity (Wildman–Crippen MR) is 145 cm³/mol. The molecule has 4 rings (SSSR count). The molecule has 2 N–H and O–H groups in total. The average Bonchev–Trinajstić information content (AvgIpc) is 2.92. The summed E-state index contributed by atoms with van der Waals surface area (Å²) >= 11 is 0. The van der Waals surface area contributed by atoms with Crippen LogP contribution < -0.4 is 25.2 Å². The van der Waals surface area contributed by atoms with E-state index in [0.29, 0.717) is 36.8 Å². The predicted octanol–water partition coefficient (Wildman–Crippen LogP) is 4.80. The number of para-hydroxylation sites is 2. The molecule has 0 radical (unpaired) electrons. The second-order valence-corrected chi connectivity index (χ2v) is 9.42. The van der Waals surface area contributed by atoms with Crippen molar-refractivity contribution in [3.05, 3.63) is 83.7 Å². The fourth-order valence-corrected chi connectivity index (χ4v) is 4.39. The highest BCUT2D eigenvalue weighted by atomic mass is 19.1. The lowest BCUT2D eigenvalue weighted by Gasteiger charge is -2.38. The van der Waals surface area contributed by atoms with E-state index >= 15 is 0 Å².